The third kappa shape index (κ3) is 5.51. The van der Waals surface area contributed by atoms with E-state index in [9.17, 15) is 14.4 Å². The summed E-state index contributed by atoms with van der Waals surface area (Å²) in [6.45, 7) is 8.59. The van der Waals surface area contributed by atoms with Crippen LogP contribution in [0.2, 0.25) is 0 Å². The van der Waals surface area contributed by atoms with Crippen molar-refractivity contribution < 1.29 is 14.4 Å². The van der Waals surface area contributed by atoms with Crippen LogP contribution in [0.3, 0.4) is 0 Å². The Morgan fingerprint density at radius 1 is 1.08 bits per heavy atom. The lowest BCUT2D eigenvalue weighted by atomic mass is 10.1. The third-order valence-electron chi connectivity index (χ3n) is 6.05. The van der Waals surface area contributed by atoms with Crippen molar-refractivity contribution in [2.45, 2.75) is 53.0 Å². The molecule has 2 heterocycles. The van der Waals surface area contributed by atoms with E-state index >= 15 is 0 Å². The molecule has 0 bridgehead atoms. The summed E-state index contributed by atoms with van der Waals surface area (Å²) in [7, 11) is 0. The second-order valence-corrected chi connectivity index (χ2v) is 10.0. The predicted octanol–water partition coefficient (Wildman–Crippen LogP) is 4.25. The average molecular weight is 506 g/mol. The number of hydrogen-bond acceptors (Lipinski definition) is 6. The van der Waals surface area contributed by atoms with E-state index in [1.54, 1.807) is 0 Å². The fourth-order valence-corrected chi connectivity index (χ4v) is 5.17. The molecule has 2 N–H and O–H groups in total. The molecule has 9 heteroatoms. The number of rotatable bonds is 8. The molecule has 188 valence electrons. The smallest absolute Gasteiger partial charge is 0.259 e. The van der Waals surface area contributed by atoms with Crippen molar-refractivity contribution >= 4 is 51.9 Å². The maximum absolute atomic E-state index is 13.3. The summed E-state index contributed by atoms with van der Waals surface area (Å²) < 4.78 is 0. The fourth-order valence-electron chi connectivity index (χ4n) is 4.37. The van der Waals surface area contributed by atoms with E-state index in [-0.39, 0.29) is 29.9 Å². The number of anilines is 1. The van der Waals surface area contributed by atoms with Crippen molar-refractivity contribution in [3.63, 3.8) is 0 Å². The lowest BCUT2D eigenvalue weighted by molar-refractivity contribution is -0.128. The van der Waals surface area contributed by atoms with Crippen LogP contribution >= 0.6 is 11.8 Å². The Morgan fingerprint density at radius 2 is 1.81 bits per heavy atom. The number of carbonyl (C=O) groups excluding carboxylic acids is 3. The highest BCUT2D eigenvalue weighted by Gasteiger charge is 2.42. The highest BCUT2D eigenvalue weighted by Crippen LogP contribution is 2.34. The molecule has 8 nitrogen and oxygen atoms in total. The van der Waals surface area contributed by atoms with Gasteiger partial charge in [-0.1, -0.05) is 54.9 Å². The molecular weight excluding hydrogens is 474 g/mol. The third-order valence-corrected chi connectivity index (χ3v) is 6.99. The number of amides is 3. The molecule has 0 aliphatic carbocycles. The highest BCUT2D eigenvalue weighted by molar-refractivity contribution is 8.14. The molecule has 2 aromatic rings. The summed E-state index contributed by atoms with van der Waals surface area (Å²) in [5.41, 5.74) is 5.36. The summed E-state index contributed by atoms with van der Waals surface area (Å²) >= 11 is 1.18. The molecule has 3 amide bonds. The van der Waals surface area contributed by atoms with E-state index in [1.165, 1.54) is 16.7 Å². The lowest BCUT2D eigenvalue weighted by Crippen LogP contribution is -2.42. The van der Waals surface area contributed by atoms with Gasteiger partial charge in [-0.3, -0.25) is 19.4 Å². The van der Waals surface area contributed by atoms with Crippen LogP contribution in [0.25, 0.3) is 0 Å². The number of fused-ring (bicyclic) bond motifs is 3. The van der Waals surface area contributed by atoms with Crippen LogP contribution in [0.15, 0.2) is 46.4 Å². The van der Waals surface area contributed by atoms with Crippen molar-refractivity contribution in [2.75, 3.05) is 17.6 Å². The Labute approximate surface area is 215 Å². The predicted molar refractivity (Wildman–Crippen MR) is 145 cm³/mol. The summed E-state index contributed by atoms with van der Waals surface area (Å²) in [6.07, 6.45) is 1.84. The Morgan fingerprint density at radius 3 is 2.53 bits per heavy atom. The minimum Gasteiger partial charge on any atom is -0.356 e. The van der Waals surface area contributed by atoms with Gasteiger partial charge in [0.25, 0.3) is 5.91 Å². The first-order valence-electron chi connectivity index (χ1n) is 12.2. The number of aryl methyl sites for hydroxylation is 3. The molecule has 36 heavy (non-hydrogen) atoms. The van der Waals surface area contributed by atoms with Crippen molar-refractivity contribution in [3.8, 4) is 0 Å². The molecule has 0 fully saturated rings. The Hall–Kier alpha value is -3.46. The van der Waals surface area contributed by atoms with Gasteiger partial charge in [0, 0.05) is 17.8 Å². The molecule has 0 radical (unpaired) electrons. The number of hydrogen-bond donors (Lipinski definition) is 2. The number of nitrogens with zero attached hydrogens (tertiary/aromatic N) is 3. The number of aliphatic imine (C=N–C) groups is 2. The minimum atomic E-state index is -0.815. The maximum atomic E-state index is 13.3. The number of amidine groups is 2. The zero-order valence-corrected chi connectivity index (χ0v) is 21.9. The number of benzene rings is 2. The van der Waals surface area contributed by atoms with Gasteiger partial charge in [-0.05, 0) is 50.5 Å². The number of unbranched alkanes of at least 4 members (excludes halogenated alkanes) is 1. The maximum Gasteiger partial charge on any atom is 0.259 e. The van der Waals surface area contributed by atoms with Gasteiger partial charge >= 0.3 is 0 Å². The second-order valence-electron chi connectivity index (χ2n) is 9.07. The topological polar surface area (TPSA) is 103 Å². The molecule has 0 saturated heterocycles. The first-order chi connectivity index (χ1) is 17.3. The van der Waals surface area contributed by atoms with E-state index in [1.807, 2.05) is 57.2 Å². The van der Waals surface area contributed by atoms with Crippen molar-refractivity contribution in [2.24, 2.45) is 9.98 Å². The minimum absolute atomic E-state index is 0.0187. The van der Waals surface area contributed by atoms with Gasteiger partial charge in [0.1, 0.15) is 11.9 Å². The van der Waals surface area contributed by atoms with Crippen LogP contribution < -0.4 is 10.6 Å². The standard InChI is InChI=1S/C27H31N5O3S/c1-5-6-11-28-22(33)14-21-26(35)32-25(29-21)19-9-7-8-10-20(19)30-27(32)36-15-23(34)31-24-17(3)12-16(2)13-18(24)4/h7-10,12-13,21H,5-6,11,14-15H2,1-4H3,(H,28,33)(H,31,34). The van der Waals surface area contributed by atoms with Gasteiger partial charge in [0.05, 0.1) is 17.9 Å². The Kier molecular flexibility index (Phi) is 7.88. The molecule has 0 saturated carbocycles. The average Bonchev–Trinajstić information content (AvgIpc) is 3.16. The molecule has 4 rings (SSSR count). The van der Waals surface area contributed by atoms with Crippen LogP contribution in [0.5, 0.6) is 0 Å². The van der Waals surface area contributed by atoms with E-state index < -0.39 is 6.04 Å². The second kappa shape index (κ2) is 11.1. The van der Waals surface area contributed by atoms with Gasteiger partial charge in [0.2, 0.25) is 11.8 Å². The largest absolute Gasteiger partial charge is 0.356 e. The first-order valence-corrected chi connectivity index (χ1v) is 13.1. The molecule has 2 aromatic carbocycles. The molecule has 1 atom stereocenters. The van der Waals surface area contributed by atoms with E-state index in [0.29, 0.717) is 23.2 Å². The van der Waals surface area contributed by atoms with Gasteiger partial charge in [-0.15, -0.1) is 0 Å². The van der Waals surface area contributed by atoms with Gasteiger partial charge in [-0.2, -0.15) is 0 Å². The number of para-hydroxylation sites is 1. The van der Waals surface area contributed by atoms with E-state index in [4.69, 9.17) is 0 Å². The number of carbonyl (C=O) groups is 3. The number of thioether (sulfide) groups is 1. The highest BCUT2D eigenvalue weighted by atomic mass is 32.2. The van der Waals surface area contributed by atoms with E-state index in [0.717, 1.165) is 40.8 Å². The summed E-state index contributed by atoms with van der Waals surface area (Å²) in [6, 6.07) is 10.7. The summed E-state index contributed by atoms with van der Waals surface area (Å²) in [5, 5.41) is 6.23. The number of nitrogens with one attached hydrogen (secondary N) is 2. The SMILES string of the molecule is CCCCNC(=O)CC1N=C2c3ccccc3N=C(SCC(=O)Nc3c(C)cc(C)cc3C)N2C1=O. The molecule has 0 aromatic heterocycles. The summed E-state index contributed by atoms with van der Waals surface area (Å²) in [5.74, 6) is -0.137. The van der Waals surface area contributed by atoms with Gasteiger partial charge in [-0.25, -0.2) is 9.89 Å². The molecular formula is C27H31N5O3S. The van der Waals surface area contributed by atoms with Crippen LogP contribution in [0.4, 0.5) is 11.4 Å². The monoisotopic (exact) mass is 505 g/mol. The van der Waals surface area contributed by atoms with Crippen LogP contribution in [-0.2, 0) is 14.4 Å². The van der Waals surface area contributed by atoms with Crippen LogP contribution in [0, 0.1) is 20.8 Å². The summed E-state index contributed by atoms with van der Waals surface area (Å²) in [4.78, 5) is 49.2. The Balaban J connectivity index is 1.50. The first kappa shape index (κ1) is 25.6. The van der Waals surface area contributed by atoms with Crippen molar-refractivity contribution in [1.29, 1.82) is 0 Å². The molecule has 2 aliphatic heterocycles. The molecule has 2 aliphatic rings. The molecule has 1 unspecified atom stereocenters. The zero-order valence-electron chi connectivity index (χ0n) is 21.1. The normalized spacial score (nSPS) is 16.2. The quantitative estimate of drug-likeness (QED) is 0.524. The van der Waals surface area contributed by atoms with Crippen molar-refractivity contribution in [1.82, 2.24) is 10.2 Å². The molecule has 0 spiro atoms. The van der Waals surface area contributed by atoms with Crippen LogP contribution in [0.1, 0.15) is 48.4 Å². The Bertz CT molecular complexity index is 1250. The van der Waals surface area contributed by atoms with Gasteiger partial charge < -0.3 is 10.6 Å². The zero-order chi connectivity index (χ0) is 25.8. The van der Waals surface area contributed by atoms with E-state index in [2.05, 4.69) is 27.5 Å². The lowest BCUT2D eigenvalue weighted by Gasteiger charge is -2.25. The van der Waals surface area contributed by atoms with Crippen LogP contribution in [-0.4, -0.2) is 52.0 Å². The fraction of sp³-hybridized carbons (Fsp3) is 0.370. The van der Waals surface area contributed by atoms with Crippen molar-refractivity contribution in [3.05, 3.63) is 58.7 Å². The van der Waals surface area contributed by atoms with Gasteiger partial charge in [0.15, 0.2) is 5.17 Å².